The van der Waals surface area contributed by atoms with Gasteiger partial charge in [-0.2, -0.15) is 0 Å². The minimum Gasteiger partial charge on any atom is -0.470 e. The van der Waals surface area contributed by atoms with Crippen LogP contribution in [0.5, 0.6) is 5.88 Å². The standard InChI is InChI=1S/C11H9BrClN3O/c12-9-5-15-10(14)11(16-9)17-6-7-2-1-3-8(13)4-7/h1-5H,6H2,(H2,14,15). The molecule has 17 heavy (non-hydrogen) atoms. The average molecular weight is 315 g/mol. The molecule has 0 saturated carbocycles. The van der Waals surface area contributed by atoms with Crippen molar-refractivity contribution in [3.8, 4) is 5.88 Å². The number of ether oxygens (including phenoxy) is 1. The van der Waals surface area contributed by atoms with E-state index in [1.165, 1.54) is 6.20 Å². The van der Waals surface area contributed by atoms with E-state index >= 15 is 0 Å². The van der Waals surface area contributed by atoms with Crippen molar-refractivity contribution in [2.24, 2.45) is 0 Å². The van der Waals surface area contributed by atoms with Gasteiger partial charge in [-0.3, -0.25) is 0 Å². The van der Waals surface area contributed by atoms with Gasteiger partial charge in [0.05, 0.1) is 6.20 Å². The molecule has 0 saturated heterocycles. The van der Waals surface area contributed by atoms with Crippen LogP contribution in [0.15, 0.2) is 35.1 Å². The number of rotatable bonds is 3. The highest BCUT2D eigenvalue weighted by molar-refractivity contribution is 9.10. The van der Waals surface area contributed by atoms with E-state index in [2.05, 4.69) is 25.9 Å². The minimum atomic E-state index is 0.259. The van der Waals surface area contributed by atoms with Gasteiger partial charge in [0, 0.05) is 5.02 Å². The van der Waals surface area contributed by atoms with Gasteiger partial charge in [-0.15, -0.1) is 0 Å². The van der Waals surface area contributed by atoms with E-state index < -0.39 is 0 Å². The third-order valence-electron chi connectivity index (χ3n) is 2.00. The Morgan fingerprint density at radius 1 is 1.41 bits per heavy atom. The number of nitrogens with zero attached hydrogens (tertiary/aromatic N) is 2. The van der Waals surface area contributed by atoms with Crippen LogP contribution in [0.1, 0.15) is 5.56 Å². The van der Waals surface area contributed by atoms with Crippen LogP contribution in [0.3, 0.4) is 0 Å². The van der Waals surface area contributed by atoms with Crippen LogP contribution in [0.25, 0.3) is 0 Å². The average Bonchev–Trinajstić information content (AvgIpc) is 2.30. The second kappa shape index (κ2) is 5.33. The molecule has 1 heterocycles. The van der Waals surface area contributed by atoms with Gasteiger partial charge in [-0.1, -0.05) is 23.7 Å². The van der Waals surface area contributed by atoms with E-state index in [1.807, 2.05) is 18.2 Å². The molecule has 0 bridgehead atoms. The van der Waals surface area contributed by atoms with Gasteiger partial charge in [0.2, 0.25) is 0 Å². The first kappa shape index (κ1) is 12.1. The summed E-state index contributed by atoms with van der Waals surface area (Å²) in [6.45, 7) is 0.343. The summed E-state index contributed by atoms with van der Waals surface area (Å²) >= 11 is 9.07. The van der Waals surface area contributed by atoms with Crippen molar-refractivity contribution in [3.63, 3.8) is 0 Å². The molecule has 6 heteroatoms. The minimum absolute atomic E-state index is 0.259. The third kappa shape index (κ3) is 3.31. The second-order valence-corrected chi connectivity index (χ2v) is 4.55. The van der Waals surface area contributed by atoms with Crippen LogP contribution in [0, 0.1) is 0 Å². The SMILES string of the molecule is Nc1ncc(Br)nc1OCc1cccc(Cl)c1. The number of nitrogens with two attached hydrogens (primary N) is 1. The number of halogens is 2. The molecule has 1 aromatic carbocycles. The van der Waals surface area contributed by atoms with Gasteiger partial charge in [0.25, 0.3) is 5.88 Å². The summed E-state index contributed by atoms with van der Waals surface area (Å²) in [5.74, 6) is 0.564. The van der Waals surface area contributed by atoms with Crippen molar-refractivity contribution in [3.05, 3.63) is 45.7 Å². The Hall–Kier alpha value is -1.33. The summed E-state index contributed by atoms with van der Waals surface area (Å²) in [7, 11) is 0. The molecule has 0 unspecified atom stereocenters. The first-order chi connectivity index (χ1) is 8.15. The predicted octanol–water partition coefficient (Wildman–Crippen LogP) is 3.05. The summed E-state index contributed by atoms with van der Waals surface area (Å²) in [6.07, 6.45) is 1.52. The number of anilines is 1. The van der Waals surface area contributed by atoms with Crippen molar-refractivity contribution >= 4 is 33.3 Å². The Morgan fingerprint density at radius 2 is 2.24 bits per heavy atom. The third-order valence-corrected chi connectivity index (χ3v) is 2.62. The van der Waals surface area contributed by atoms with Gasteiger partial charge in [0.15, 0.2) is 5.82 Å². The lowest BCUT2D eigenvalue weighted by Crippen LogP contribution is -2.02. The molecule has 0 fully saturated rings. The van der Waals surface area contributed by atoms with E-state index in [9.17, 15) is 0 Å². The highest BCUT2D eigenvalue weighted by Gasteiger charge is 2.05. The zero-order chi connectivity index (χ0) is 12.3. The molecule has 0 aliphatic carbocycles. The topological polar surface area (TPSA) is 61.0 Å². The first-order valence-electron chi connectivity index (χ1n) is 4.80. The molecule has 0 aliphatic rings. The molecule has 0 spiro atoms. The summed E-state index contributed by atoms with van der Waals surface area (Å²) in [5.41, 5.74) is 6.58. The number of aromatic nitrogens is 2. The Balaban J connectivity index is 2.09. The normalized spacial score (nSPS) is 10.2. The van der Waals surface area contributed by atoms with Crippen molar-refractivity contribution in [2.45, 2.75) is 6.61 Å². The molecule has 0 amide bonds. The molecule has 1 aromatic heterocycles. The van der Waals surface area contributed by atoms with Crippen LogP contribution in [0.4, 0.5) is 5.82 Å². The molecular weight excluding hydrogens is 305 g/mol. The van der Waals surface area contributed by atoms with E-state index in [0.717, 1.165) is 5.56 Å². The molecule has 2 N–H and O–H groups in total. The number of nitrogen functional groups attached to an aromatic ring is 1. The molecule has 88 valence electrons. The molecule has 0 radical (unpaired) electrons. The van der Waals surface area contributed by atoms with Crippen LogP contribution < -0.4 is 10.5 Å². The van der Waals surface area contributed by atoms with Gasteiger partial charge in [-0.05, 0) is 33.6 Å². The van der Waals surface area contributed by atoms with Gasteiger partial charge >= 0.3 is 0 Å². The van der Waals surface area contributed by atoms with Crippen molar-refractivity contribution < 1.29 is 4.74 Å². The summed E-state index contributed by atoms with van der Waals surface area (Å²) in [5, 5.41) is 0.666. The van der Waals surface area contributed by atoms with E-state index in [-0.39, 0.29) is 5.82 Å². The lowest BCUT2D eigenvalue weighted by atomic mass is 10.2. The Bertz CT molecular complexity index is 536. The van der Waals surface area contributed by atoms with Gasteiger partial charge in [-0.25, -0.2) is 9.97 Å². The molecule has 2 aromatic rings. The zero-order valence-electron chi connectivity index (χ0n) is 8.73. The Kier molecular flexibility index (Phi) is 3.81. The quantitative estimate of drug-likeness (QED) is 0.946. The Morgan fingerprint density at radius 3 is 3.00 bits per heavy atom. The lowest BCUT2D eigenvalue weighted by Gasteiger charge is -2.07. The number of hydrogen-bond acceptors (Lipinski definition) is 4. The summed E-state index contributed by atoms with van der Waals surface area (Å²) < 4.78 is 6.05. The van der Waals surface area contributed by atoms with Crippen molar-refractivity contribution in [2.75, 3.05) is 5.73 Å². The first-order valence-corrected chi connectivity index (χ1v) is 5.97. The van der Waals surface area contributed by atoms with Crippen LogP contribution >= 0.6 is 27.5 Å². The van der Waals surface area contributed by atoms with Crippen molar-refractivity contribution in [1.82, 2.24) is 9.97 Å². The van der Waals surface area contributed by atoms with Crippen molar-refractivity contribution in [1.29, 1.82) is 0 Å². The lowest BCUT2D eigenvalue weighted by molar-refractivity contribution is 0.294. The maximum Gasteiger partial charge on any atom is 0.258 e. The molecule has 2 rings (SSSR count). The van der Waals surface area contributed by atoms with Crippen LogP contribution in [-0.4, -0.2) is 9.97 Å². The highest BCUT2D eigenvalue weighted by atomic mass is 79.9. The maximum absolute atomic E-state index is 5.87. The summed E-state index contributed by atoms with van der Waals surface area (Å²) in [4.78, 5) is 8.01. The zero-order valence-corrected chi connectivity index (χ0v) is 11.1. The monoisotopic (exact) mass is 313 g/mol. The van der Waals surface area contributed by atoms with E-state index in [0.29, 0.717) is 22.1 Å². The number of hydrogen-bond donors (Lipinski definition) is 1. The highest BCUT2D eigenvalue weighted by Crippen LogP contribution is 2.20. The molecule has 0 aliphatic heterocycles. The molecule has 4 nitrogen and oxygen atoms in total. The smallest absolute Gasteiger partial charge is 0.258 e. The summed E-state index contributed by atoms with van der Waals surface area (Å²) in [6, 6.07) is 7.39. The fourth-order valence-electron chi connectivity index (χ4n) is 1.25. The van der Waals surface area contributed by atoms with E-state index in [4.69, 9.17) is 22.1 Å². The fraction of sp³-hybridized carbons (Fsp3) is 0.0909. The van der Waals surface area contributed by atoms with Crippen LogP contribution in [0.2, 0.25) is 5.02 Å². The second-order valence-electron chi connectivity index (χ2n) is 3.30. The van der Waals surface area contributed by atoms with Gasteiger partial charge < -0.3 is 10.5 Å². The fourth-order valence-corrected chi connectivity index (χ4v) is 1.72. The van der Waals surface area contributed by atoms with Crippen LogP contribution in [-0.2, 0) is 6.61 Å². The van der Waals surface area contributed by atoms with Gasteiger partial charge in [0.1, 0.15) is 11.2 Å². The molecular formula is C11H9BrClN3O. The number of benzene rings is 1. The maximum atomic E-state index is 5.87. The predicted molar refractivity (Wildman–Crippen MR) is 69.9 cm³/mol. The molecule has 0 atom stereocenters. The Labute approximate surface area is 112 Å². The largest absolute Gasteiger partial charge is 0.470 e. The van der Waals surface area contributed by atoms with E-state index in [1.54, 1.807) is 6.07 Å².